The lowest BCUT2D eigenvalue weighted by Gasteiger charge is -2.19. The molecule has 0 amide bonds. The zero-order valence-corrected chi connectivity index (χ0v) is 11.7. The first-order chi connectivity index (χ1) is 8.65. The van der Waals surface area contributed by atoms with Crippen molar-refractivity contribution in [2.24, 2.45) is 5.92 Å². The fourth-order valence-electron chi connectivity index (χ4n) is 2.15. The first-order valence-electron chi connectivity index (χ1n) is 6.81. The predicted octanol–water partition coefficient (Wildman–Crippen LogP) is 3.13. The van der Waals surface area contributed by atoms with E-state index in [4.69, 9.17) is 9.72 Å². The Morgan fingerprint density at radius 2 is 2.11 bits per heavy atom. The van der Waals surface area contributed by atoms with E-state index in [1.807, 2.05) is 0 Å². The van der Waals surface area contributed by atoms with Crippen LogP contribution in [0.4, 0.5) is 5.82 Å². The summed E-state index contributed by atoms with van der Waals surface area (Å²) in [6.45, 7) is 7.22. The van der Waals surface area contributed by atoms with E-state index in [9.17, 15) is 0 Å². The average molecular weight is 249 g/mol. The fourth-order valence-corrected chi connectivity index (χ4v) is 2.15. The third-order valence-electron chi connectivity index (χ3n) is 3.23. The van der Waals surface area contributed by atoms with Crippen LogP contribution in [0, 0.1) is 5.92 Å². The monoisotopic (exact) mass is 249 g/mol. The molecule has 1 saturated carbocycles. The molecular formula is C14H23N3O. The number of methoxy groups -OCH3 is 1. The molecule has 0 spiro atoms. The molecule has 18 heavy (non-hydrogen) atoms. The molecule has 1 heterocycles. The molecule has 1 unspecified atom stereocenters. The van der Waals surface area contributed by atoms with Crippen LogP contribution in [0.5, 0.6) is 0 Å². The number of aromatic nitrogens is 2. The molecule has 0 aromatic carbocycles. The normalized spacial score (nSPS) is 16.9. The quantitative estimate of drug-likeness (QED) is 0.841. The first-order valence-corrected chi connectivity index (χ1v) is 6.81. The maximum Gasteiger partial charge on any atom is 0.159 e. The van der Waals surface area contributed by atoms with Gasteiger partial charge in [-0.15, -0.1) is 0 Å². The fraction of sp³-hybridized carbons (Fsp3) is 0.714. The Morgan fingerprint density at radius 1 is 1.39 bits per heavy atom. The van der Waals surface area contributed by atoms with Crippen LogP contribution in [-0.2, 0) is 4.74 Å². The number of nitrogens with zero attached hydrogens (tertiary/aromatic N) is 2. The highest BCUT2D eigenvalue weighted by atomic mass is 16.5. The van der Waals surface area contributed by atoms with Crippen molar-refractivity contribution in [3.05, 3.63) is 17.6 Å². The van der Waals surface area contributed by atoms with E-state index in [-0.39, 0.29) is 6.10 Å². The van der Waals surface area contributed by atoms with E-state index in [0.29, 0.717) is 11.8 Å². The van der Waals surface area contributed by atoms with Gasteiger partial charge in [0.1, 0.15) is 11.9 Å². The molecule has 1 aromatic rings. The molecule has 1 aliphatic carbocycles. The molecule has 0 saturated heterocycles. The highest BCUT2D eigenvalue weighted by Crippen LogP contribution is 2.40. The van der Waals surface area contributed by atoms with Gasteiger partial charge in [0.25, 0.3) is 0 Å². The molecule has 1 fully saturated rings. The lowest BCUT2D eigenvalue weighted by molar-refractivity contribution is 0.0574. The van der Waals surface area contributed by atoms with Crippen molar-refractivity contribution in [2.75, 3.05) is 19.0 Å². The average Bonchev–Trinajstić information content (AvgIpc) is 3.13. The van der Waals surface area contributed by atoms with Crippen LogP contribution in [0.25, 0.3) is 0 Å². The van der Waals surface area contributed by atoms with Crippen molar-refractivity contribution in [1.82, 2.24) is 9.97 Å². The van der Waals surface area contributed by atoms with Gasteiger partial charge >= 0.3 is 0 Å². The maximum atomic E-state index is 5.53. The van der Waals surface area contributed by atoms with Crippen LogP contribution >= 0.6 is 0 Å². The standard InChI is InChI=1S/C14H23N3O/c1-5-15-12-8-11(10-6-7-10)16-14(17-12)13(18-4)9(2)3/h8-10,13H,5-7H2,1-4H3,(H,15,16,17). The Balaban J connectivity index is 2.32. The summed E-state index contributed by atoms with van der Waals surface area (Å²) in [5.74, 6) is 2.74. The number of nitrogens with one attached hydrogen (secondary N) is 1. The van der Waals surface area contributed by atoms with Crippen molar-refractivity contribution in [2.45, 2.75) is 45.6 Å². The molecular weight excluding hydrogens is 226 g/mol. The van der Waals surface area contributed by atoms with E-state index in [0.717, 1.165) is 18.2 Å². The molecule has 100 valence electrons. The number of anilines is 1. The van der Waals surface area contributed by atoms with Gasteiger partial charge in [-0.1, -0.05) is 13.8 Å². The van der Waals surface area contributed by atoms with Crippen molar-refractivity contribution in [3.8, 4) is 0 Å². The summed E-state index contributed by atoms with van der Waals surface area (Å²) in [6.07, 6.45) is 2.48. The minimum Gasteiger partial charge on any atom is -0.373 e. The van der Waals surface area contributed by atoms with Gasteiger partial charge in [0.15, 0.2) is 5.82 Å². The number of hydrogen-bond donors (Lipinski definition) is 1. The zero-order valence-electron chi connectivity index (χ0n) is 11.7. The molecule has 1 atom stereocenters. The largest absolute Gasteiger partial charge is 0.373 e. The van der Waals surface area contributed by atoms with Crippen LogP contribution in [0.3, 0.4) is 0 Å². The molecule has 1 aromatic heterocycles. The van der Waals surface area contributed by atoms with Crippen LogP contribution in [-0.4, -0.2) is 23.6 Å². The summed E-state index contributed by atoms with van der Waals surface area (Å²) in [4.78, 5) is 9.27. The molecule has 0 radical (unpaired) electrons. The SMILES string of the molecule is CCNc1cc(C2CC2)nc(C(OC)C(C)C)n1. The van der Waals surface area contributed by atoms with Gasteiger partial charge in [-0.2, -0.15) is 0 Å². The second kappa shape index (κ2) is 5.65. The topological polar surface area (TPSA) is 47.0 Å². The molecule has 1 N–H and O–H groups in total. The lowest BCUT2D eigenvalue weighted by atomic mass is 10.1. The molecule has 0 aliphatic heterocycles. The Hall–Kier alpha value is -1.16. The molecule has 4 heteroatoms. The van der Waals surface area contributed by atoms with Gasteiger partial charge in [-0.3, -0.25) is 0 Å². The van der Waals surface area contributed by atoms with E-state index < -0.39 is 0 Å². The van der Waals surface area contributed by atoms with Crippen LogP contribution in [0.1, 0.15) is 57.2 Å². The minimum absolute atomic E-state index is 0.0268. The highest BCUT2D eigenvalue weighted by Gasteiger charge is 2.28. The van der Waals surface area contributed by atoms with Crippen LogP contribution in [0.2, 0.25) is 0 Å². The van der Waals surface area contributed by atoms with Gasteiger partial charge in [0.05, 0.1) is 0 Å². The van der Waals surface area contributed by atoms with Crippen molar-refractivity contribution >= 4 is 5.82 Å². The van der Waals surface area contributed by atoms with Gasteiger partial charge in [-0.05, 0) is 25.7 Å². The molecule has 4 nitrogen and oxygen atoms in total. The number of ether oxygens (including phenoxy) is 1. The van der Waals surface area contributed by atoms with Gasteiger partial charge in [-0.25, -0.2) is 9.97 Å². The predicted molar refractivity (Wildman–Crippen MR) is 72.8 cm³/mol. The summed E-state index contributed by atoms with van der Waals surface area (Å²) in [7, 11) is 1.73. The summed E-state index contributed by atoms with van der Waals surface area (Å²) < 4.78 is 5.53. The first kappa shape index (κ1) is 13.3. The second-order valence-corrected chi connectivity index (χ2v) is 5.24. The van der Waals surface area contributed by atoms with Crippen molar-refractivity contribution < 1.29 is 4.74 Å². The highest BCUT2D eigenvalue weighted by molar-refractivity contribution is 5.38. The minimum atomic E-state index is -0.0268. The summed E-state index contributed by atoms with van der Waals surface area (Å²) in [5.41, 5.74) is 1.17. The molecule has 0 bridgehead atoms. The van der Waals surface area contributed by atoms with E-state index >= 15 is 0 Å². The lowest BCUT2D eigenvalue weighted by Crippen LogP contribution is -2.15. The van der Waals surface area contributed by atoms with E-state index in [1.165, 1.54) is 18.5 Å². The zero-order chi connectivity index (χ0) is 13.1. The van der Waals surface area contributed by atoms with Gasteiger partial charge in [0, 0.05) is 31.3 Å². The Labute approximate surface area is 109 Å². The van der Waals surface area contributed by atoms with Crippen molar-refractivity contribution in [3.63, 3.8) is 0 Å². The van der Waals surface area contributed by atoms with E-state index in [1.54, 1.807) is 7.11 Å². The summed E-state index contributed by atoms with van der Waals surface area (Å²) in [5, 5.41) is 3.28. The Kier molecular flexibility index (Phi) is 4.17. The molecule has 2 rings (SSSR count). The smallest absolute Gasteiger partial charge is 0.159 e. The van der Waals surface area contributed by atoms with Crippen molar-refractivity contribution in [1.29, 1.82) is 0 Å². The molecule has 1 aliphatic rings. The summed E-state index contributed by atoms with van der Waals surface area (Å²) in [6, 6.07) is 2.08. The van der Waals surface area contributed by atoms with Gasteiger partial charge in [0.2, 0.25) is 0 Å². The Bertz CT molecular complexity index is 402. The number of hydrogen-bond acceptors (Lipinski definition) is 4. The van der Waals surface area contributed by atoms with Crippen LogP contribution < -0.4 is 5.32 Å². The number of rotatable bonds is 6. The van der Waals surface area contributed by atoms with E-state index in [2.05, 4.69) is 37.1 Å². The second-order valence-electron chi connectivity index (χ2n) is 5.24. The third kappa shape index (κ3) is 2.99. The Morgan fingerprint density at radius 3 is 2.61 bits per heavy atom. The summed E-state index contributed by atoms with van der Waals surface area (Å²) >= 11 is 0. The van der Waals surface area contributed by atoms with Crippen LogP contribution in [0.15, 0.2) is 6.07 Å². The third-order valence-corrected chi connectivity index (χ3v) is 3.23. The van der Waals surface area contributed by atoms with Gasteiger partial charge < -0.3 is 10.1 Å². The maximum absolute atomic E-state index is 5.53.